The van der Waals surface area contributed by atoms with Crippen LogP contribution in [-0.2, 0) is 10.8 Å². The predicted octanol–water partition coefficient (Wildman–Crippen LogP) is 3.68. The maximum absolute atomic E-state index is 12.5. The van der Waals surface area contributed by atoms with E-state index in [1.54, 1.807) is 19.1 Å². The average Bonchev–Trinajstić information content (AvgIpc) is 2.48. The van der Waals surface area contributed by atoms with E-state index in [-0.39, 0.29) is 5.78 Å². The van der Waals surface area contributed by atoms with Gasteiger partial charge in [0.1, 0.15) is 0 Å². The van der Waals surface area contributed by atoms with Crippen molar-refractivity contribution in [3.63, 3.8) is 0 Å². The topological polar surface area (TPSA) is 34.1 Å². The lowest BCUT2D eigenvalue weighted by molar-refractivity contribution is 0.0992. The number of hydrogen-bond acceptors (Lipinski definition) is 2. The zero-order valence-corrected chi connectivity index (χ0v) is 12.7. The Morgan fingerprint density at radius 2 is 1.65 bits per heavy atom. The molecule has 0 fully saturated rings. The summed E-state index contributed by atoms with van der Waals surface area (Å²) in [7, 11) is -1.33. The highest BCUT2D eigenvalue weighted by molar-refractivity contribution is 7.86. The van der Waals surface area contributed by atoms with Gasteiger partial charge in [0.2, 0.25) is 0 Å². The maximum atomic E-state index is 12.5. The van der Waals surface area contributed by atoms with Gasteiger partial charge >= 0.3 is 0 Å². The smallest absolute Gasteiger partial charge is 0.178 e. The summed E-state index contributed by atoms with van der Waals surface area (Å²) in [6.45, 7) is 5.72. The summed E-state index contributed by atoms with van der Waals surface area (Å²) < 4.78 is 12.5. The van der Waals surface area contributed by atoms with Crippen molar-refractivity contribution in [1.29, 1.82) is 0 Å². The van der Waals surface area contributed by atoms with E-state index in [0.29, 0.717) is 10.5 Å². The first-order chi connectivity index (χ1) is 9.50. The van der Waals surface area contributed by atoms with Crippen molar-refractivity contribution >= 4 is 16.6 Å². The minimum absolute atomic E-state index is 0.0813. The molecule has 0 bridgehead atoms. The summed E-state index contributed by atoms with van der Waals surface area (Å²) in [4.78, 5) is 13.0. The normalized spacial score (nSPS) is 13.8. The molecule has 0 radical (unpaired) electrons. The number of aryl methyl sites for hydroxylation is 2. The van der Waals surface area contributed by atoms with Crippen molar-refractivity contribution in [3.05, 3.63) is 65.2 Å². The lowest BCUT2D eigenvalue weighted by Crippen LogP contribution is -2.22. The molecule has 0 aliphatic carbocycles. The van der Waals surface area contributed by atoms with Crippen molar-refractivity contribution in [2.45, 2.75) is 30.9 Å². The molecule has 2 atom stereocenters. The number of benzene rings is 2. The molecule has 3 heteroatoms. The predicted molar refractivity (Wildman–Crippen MR) is 82.6 cm³/mol. The number of hydrogen-bond donors (Lipinski definition) is 0. The van der Waals surface area contributed by atoms with Gasteiger partial charge in [0.25, 0.3) is 0 Å². The Morgan fingerprint density at radius 1 is 1.00 bits per heavy atom. The molecule has 0 spiro atoms. The highest BCUT2D eigenvalue weighted by atomic mass is 32.2. The summed E-state index contributed by atoms with van der Waals surface area (Å²) >= 11 is 0. The summed E-state index contributed by atoms with van der Waals surface area (Å²) in [5.74, 6) is -0.0813. The second kappa shape index (κ2) is 6.14. The third kappa shape index (κ3) is 3.05. The van der Waals surface area contributed by atoms with Gasteiger partial charge < -0.3 is 0 Å². The molecule has 2 aromatic carbocycles. The fourth-order valence-electron chi connectivity index (χ4n) is 1.98. The van der Waals surface area contributed by atoms with Gasteiger partial charge in [0, 0.05) is 10.5 Å². The molecular weight excluding hydrogens is 268 g/mol. The SMILES string of the molecule is Cc1ccc(S(=O)C(C)C(=O)c2ccccc2)cc1C. The van der Waals surface area contributed by atoms with Crippen LogP contribution in [0.15, 0.2) is 53.4 Å². The van der Waals surface area contributed by atoms with Gasteiger partial charge in [-0.05, 0) is 44.0 Å². The van der Waals surface area contributed by atoms with Crippen LogP contribution in [0.1, 0.15) is 28.4 Å². The van der Waals surface area contributed by atoms with Gasteiger partial charge in [-0.2, -0.15) is 0 Å². The van der Waals surface area contributed by atoms with Crippen LogP contribution >= 0.6 is 0 Å². The van der Waals surface area contributed by atoms with Crippen LogP contribution in [0.3, 0.4) is 0 Å². The molecule has 0 saturated heterocycles. The third-order valence-corrected chi connectivity index (χ3v) is 5.03. The van der Waals surface area contributed by atoms with E-state index in [4.69, 9.17) is 0 Å². The first-order valence-electron chi connectivity index (χ1n) is 6.58. The Morgan fingerprint density at radius 3 is 2.25 bits per heavy atom. The van der Waals surface area contributed by atoms with Crippen LogP contribution in [0.4, 0.5) is 0 Å². The van der Waals surface area contributed by atoms with Crippen molar-refractivity contribution in [2.75, 3.05) is 0 Å². The number of carbonyl (C=O) groups excluding carboxylic acids is 1. The molecule has 0 heterocycles. The lowest BCUT2D eigenvalue weighted by atomic mass is 10.1. The van der Waals surface area contributed by atoms with Crippen molar-refractivity contribution in [1.82, 2.24) is 0 Å². The van der Waals surface area contributed by atoms with Crippen LogP contribution in [0.5, 0.6) is 0 Å². The van der Waals surface area contributed by atoms with E-state index < -0.39 is 16.0 Å². The molecule has 2 aromatic rings. The summed E-state index contributed by atoms with van der Waals surface area (Å²) in [6.07, 6.45) is 0. The molecule has 2 unspecified atom stereocenters. The van der Waals surface area contributed by atoms with E-state index in [0.717, 1.165) is 11.1 Å². The molecule has 2 nitrogen and oxygen atoms in total. The van der Waals surface area contributed by atoms with Gasteiger partial charge in [0.05, 0.1) is 16.0 Å². The van der Waals surface area contributed by atoms with E-state index in [1.165, 1.54) is 0 Å². The first kappa shape index (κ1) is 14.7. The summed E-state index contributed by atoms with van der Waals surface area (Å²) in [5, 5.41) is -0.542. The van der Waals surface area contributed by atoms with Crippen LogP contribution in [0.2, 0.25) is 0 Å². The quantitative estimate of drug-likeness (QED) is 0.803. The minimum atomic E-state index is -1.33. The Labute approximate surface area is 122 Å². The highest BCUT2D eigenvalue weighted by Gasteiger charge is 2.22. The van der Waals surface area contributed by atoms with Crippen LogP contribution in [-0.4, -0.2) is 15.2 Å². The van der Waals surface area contributed by atoms with E-state index in [1.807, 2.05) is 50.2 Å². The molecule has 0 aliphatic rings. The number of Topliss-reactive ketones (excluding diaryl/α,β-unsaturated/α-hetero) is 1. The highest BCUT2D eigenvalue weighted by Crippen LogP contribution is 2.18. The van der Waals surface area contributed by atoms with Crippen LogP contribution < -0.4 is 0 Å². The maximum Gasteiger partial charge on any atom is 0.178 e. The van der Waals surface area contributed by atoms with Crippen molar-refractivity contribution in [3.8, 4) is 0 Å². The van der Waals surface area contributed by atoms with Gasteiger partial charge in [-0.3, -0.25) is 9.00 Å². The first-order valence-corrected chi connectivity index (χ1v) is 7.79. The van der Waals surface area contributed by atoms with Gasteiger partial charge in [-0.25, -0.2) is 0 Å². The summed E-state index contributed by atoms with van der Waals surface area (Å²) in [6, 6.07) is 14.7. The lowest BCUT2D eigenvalue weighted by Gasteiger charge is -2.12. The number of rotatable bonds is 4. The third-order valence-electron chi connectivity index (χ3n) is 3.46. The average molecular weight is 286 g/mol. The van der Waals surface area contributed by atoms with Crippen LogP contribution in [0, 0.1) is 13.8 Å². The Kier molecular flexibility index (Phi) is 4.50. The molecule has 104 valence electrons. The standard InChI is InChI=1S/C17H18O2S/c1-12-9-10-16(11-13(12)2)20(19)14(3)17(18)15-7-5-4-6-8-15/h4-11,14H,1-3H3. The van der Waals surface area contributed by atoms with E-state index >= 15 is 0 Å². The Bertz CT molecular complexity index is 647. The monoisotopic (exact) mass is 286 g/mol. The Balaban J connectivity index is 2.24. The molecule has 0 saturated carbocycles. The minimum Gasteiger partial charge on any atom is -0.293 e. The Hall–Kier alpha value is -1.74. The molecular formula is C17H18O2S. The molecule has 20 heavy (non-hydrogen) atoms. The second-order valence-electron chi connectivity index (χ2n) is 4.92. The molecule has 0 aliphatic heterocycles. The zero-order valence-electron chi connectivity index (χ0n) is 11.9. The molecule has 0 N–H and O–H groups in total. The molecule has 2 rings (SSSR count). The largest absolute Gasteiger partial charge is 0.293 e. The number of ketones is 1. The van der Waals surface area contributed by atoms with Gasteiger partial charge in [-0.15, -0.1) is 0 Å². The van der Waals surface area contributed by atoms with Gasteiger partial charge in [0.15, 0.2) is 5.78 Å². The van der Waals surface area contributed by atoms with Gasteiger partial charge in [-0.1, -0.05) is 36.4 Å². The zero-order chi connectivity index (χ0) is 14.7. The van der Waals surface area contributed by atoms with E-state index in [2.05, 4.69) is 0 Å². The van der Waals surface area contributed by atoms with Crippen molar-refractivity contribution < 1.29 is 9.00 Å². The second-order valence-corrected chi connectivity index (χ2v) is 6.69. The molecule has 0 aromatic heterocycles. The fraction of sp³-hybridized carbons (Fsp3) is 0.235. The fourth-order valence-corrected chi connectivity index (χ4v) is 3.21. The summed E-state index contributed by atoms with van der Waals surface area (Å²) in [5.41, 5.74) is 2.86. The number of carbonyl (C=O) groups is 1. The van der Waals surface area contributed by atoms with Crippen LogP contribution in [0.25, 0.3) is 0 Å². The van der Waals surface area contributed by atoms with E-state index in [9.17, 15) is 9.00 Å². The van der Waals surface area contributed by atoms with Crippen molar-refractivity contribution in [2.24, 2.45) is 0 Å². The molecule has 0 amide bonds.